The first-order valence-electron chi connectivity index (χ1n) is 5.17. The first kappa shape index (κ1) is 15.4. The van der Waals surface area contributed by atoms with Crippen molar-refractivity contribution >= 4 is 34.1 Å². The Labute approximate surface area is 117 Å². The van der Waals surface area contributed by atoms with Gasteiger partial charge in [-0.3, -0.25) is 4.55 Å². The summed E-state index contributed by atoms with van der Waals surface area (Å²) in [6.45, 7) is 0. The molecule has 7 heteroatoms. The summed E-state index contributed by atoms with van der Waals surface area (Å²) in [6, 6.07) is 13.1. The minimum Gasteiger partial charge on any atom is -0.399 e. The molecule has 102 valence electrons. The van der Waals surface area contributed by atoms with Crippen molar-refractivity contribution in [1.29, 1.82) is 0 Å². The van der Waals surface area contributed by atoms with E-state index in [1.165, 1.54) is 18.2 Å². The minimum atomic E-state index is -4.16. The Morgan fingerprint density at radius 3 is 1.84 bits per heavy atom. The third kappa shape index (κ3) is 5.21. The van der Waals surface area contributed by atoms with Gasteiger partial charge in [-0.2, -0.15) is 8.42 Å². The van der Waals surface area contributed by atoms with Gasteiger partial charge in [0.05, 0.1) is 5.69 Å². The van der Waals surface area contributed by atoms with Gasteiger partial charge >= 0.3 is 0 Å². The Bertz CT molecular complexity index is 619. The molecule has 2 rings (SSSR count). The van der Waals surface area contributed by atoms with E-state index in [-0.39, 0.29) is 10.6 Å². The predicted octanol–water partition coefficient (Wildman–Crippen LogP) is 2.07. The van der Waals surface area contributed by atoms with Crippen molar-refractivity contribution in [3.05, 3.63) is 48.5 Å². The second-order valence-corrected chi connectivity index (χ2v) is 5.51. The lowest BCUT2D eigenvalue weighted by Crippen LogP contribution is -2.01. The molecule has 0 amide bonds. The second kappa shape index (κ2) is 6.46. The van der Waals surface area contributed by atoms with Crippen LogP contribution in [0.5, 0.6) is 0 Å². The average Bonchev–Trinajstić information content (AvgIpc) is 2.33. The van der Waals surface area contributed by atoms with Gasteiger partial charge in [-0.15, -0.1) is 12.6 Å². The number of thiol groups is 1. The molecule has 19 heavy (non-hydrogen) atoms. The maximum absolute atomic E-state index is 10.5. The van der Waals surface area contributed by atoms with Crippen molar-refractivity contribution in [3.8, 4) is 0 Å². The SMILES string of the molecule is Nc1ccc(S)cc1.Nc1ccccc1S(=O)(=O)O. The molecule has 0 unspecified atom stereocenters. The van der Waals surface area contributed by atoms with Crippen LogP contribution in [-0.2, 0) is 10.1 Å². The van der Waals surface area contributed by atoms with Gasteiger partial charge in [0.15, 0.2) is 0 Å². The molecule has 0 atom stereocenters. The molecule has 0 radical (unpaired) electrons. The van der Waals surface area contributed by atoms with Gasteiger partial charge in [0.2, 0.25) is 0 Å². The number of nitrogens with two attached hydrogens (primary N) is 2. The smallest absolute Gasteiger partial charge is 0.296 e. The molecule has 0 fully saturated rings. The van der Waals surface area contributed by atoms with Crippen molar-refractivity contribution < 1.29 is 13.0 Å². The quantitative estimate of drug-likeness (QED) is 0.366. The van der Waals surface area contributed by atoms with Crippen LogP contribution in [0.1, 0.15) is 0 Å². The van der Waals surface area contributed by atoms with Crippen LogP contribution in [-0.4, -0.2) is 13.0 Å². The van der Waals surface area contributed by atoms with E-state index in [9.17, 15) is 8.42 Å². The molecule has 0 aromatic heterocycles. The van der Waals surface area contributed by atoms with Crippen molar-refractivity contribution in [3.63, 3.8) is 0 Å². The van der Waals surface area contributed by atoms with E-state index in [0.29, 0.717) is 0 Å². The number of rotatable bonds is 1. The summed E-state index contributed by atoms with van der Waals surface area (Å²) >= 11 is 4.08. The first-order valence-corrected chi connectivity index (χ1v) is 7.06. The molecule has 0 spiro atoms. The fourth-order valence-corrected chi connectivity index (χ4v) is 1.96. The standard InChI is InChI=1S/C6H7NO3S.C6H7NS/c7-5-3-1-2-4-6(5)11(8,9)10;7-5-1-3-6(8)4-2-5/h1-4H,7H2,(H,8,9,10);1-4,8H,7H2. The number of para-hydroxylation sites is 1. The van der Waals surface area contributed by atoms with Gasteiger partial charge in [0.1, 0.15) is 4.90 Å². The van der Waals surface area contributed by atoms with Crippen LogP contribution in [0.25, 0.3) is 0 Å². The monoisotopic (exact) mass is 298 g/mol. The number of benzene rings is 2. The zero-order chi connectivity index (χ0) is 14.5. The highest BCUT2D eigenvalue weighted by Gasteiger charge is 2.11. The van der Waals surface area contributed by atoms with E-state index in [2.05, 4.69) is 12.6 Å². The van der Waals surface area contributed by atoms with Gasteiger partial charge in [-0.1, -0.05) is 12.1 Å². The van der Waals surface area contributed by atoms with Crippen LogP contribution in [0.4, 0.5) is 11.4 Å². The molecular weight excluding hydrogens is 284 g/mol. The van der Waals surface area contributed by atoms with Gasteiger partial charge in [-0.05, 0) is 36.4 Å². The van der Waals surface area contributed by atoms with Gasteiger partial charge in [0, 0.05) is 10.6 Å². The third-order valence-corrected chi connectivity index (χ3v) is 3.32. The fourth-order valence-electron chi connectivity index (χ4n) is 1.19. The topological polar surface area (TPSA) is 106 Å². The summed E-state index contributed by atoms with van der Waals surface area (Å²) in [7, 11) is -4.16. The Balaban J connectivity index is 0.000000200. The molecule has 0 aliphatic rings. The highest BCUT2D eigenvalue weighted by molar-refractivity contribution is 7.86. The molecule has 0 heterocycles. The Hall–Kier alpha value is -1.70. The zero-order valence-corrected chi connectivity index (χ0v) is 11.6. The normalized spacial score (nSPS) is 10.4. The lowest BCUT2D eigenvalue weighted by atomic mass is 10.3. The van der Waals surface area contributed by atoms with E-state index in [0.717, 1.165) is 10.6 Å². The van der Waals surface area contributed by atoms with Crippen molar-refractivity contribution in [2.45, 2.75) is 9.79 Å². The highest BCUT2D eigenvalue weighted by Crippen LogP contribution is 2.15. The van der Waals surface area contributed by atoms with Crippen molar-refractivity contribution in [2.75, 3.05) is 11.5 Å². The summed E-state index contributed by atoms with van der Waals surface area (Å²) < 4.78 is 29.6. The Kier molecular flexibility index (Phi) is 5.22. The Morgan fingerprint density at radius 2 is 1.47 bits per heavy atom. The van der Waals surface area contributed by atoms with Gasteiger partial charge < -0.3 is 11.5 Å². The second-order valence-electron chi connectivity index (χ2n) is 3.60. The lowest BCUT2D eigenvalue weighted by molar-refractivity contribution is 0.483. The number of anilines is 2. The summed E-state index contributed by atoms with van der Waals surface area (Å²) in [4.78, 5) is 0.694. The van der Waals surface area contributed by atoms with Crippen LogP contribution in [0.15, 0.2) is 58.3 Å². The molecule has 2 aromatic carbocycles. The van der Waals surface area contributed by atoms with Crippen molar-refractivity contribution in [1.82, 2.24) is 0 Å². The summed E-state index contributed by atoms with van der Waals surface area (Å²) in [5.74, 6) is 0. The number of nitrogen functional groups attached to an aromatic ring is 2. The third-order valence-electron chi connectivity index (χ3n) is 2.09. The maximum atomic E-state index is 10.5. The number of hydrogen-bond acceptors (Lipinski definition) is 5. The summed E-state index contributed by atoms with van der Waals surface area (Å²) in [5, 5.41) is 0. The molecule has 0 saturated carbocycles. The minimum absolute atomic E-state index is 0.0509. The largest absolute Gasteiger partial charge is 0.399 e. The van der Waals surface area contributed by atoms with Gasteiger partial charge in [-0.25, -0.2) is 0 Å². The summed E-state index contributed by atoms with van der Waals surface area (Å²) in [5.41, 5.74) is 11.5. The molecule has 5 N–H and O–H groups in total. The van der Waals surface area contributed by atoms with Crippen LogP contribution < -0.4 is 11.5 Å². The predicted molar refractivity (Wildman–Crippen MR) is 78.8 cm³/mol. The molecule has 2 aromatic rings. The van der Waals surface area contributed by atoms with Crippen LogP contribution >= 0.6 is 12.6 Å². The van der Waals surface area contributed by atoms with E-state index in [4.69, 9.17) is 16.0 Å². The van der Waals surface area contributed by atoms with Gasteiger partial charge in [0.25, 0.3) is 10.1 Å². The van der Waals surface area contributed by atoms with E-state index < -0.39 is 10.1 Å². The zero-order valence-electron chi connectivity index (χ0n) is 9.89. The molecule has 0 aliphatic carbocycles. The fraction of sp³-hybridized carbons (Fsp3) is 0. The van der Waals surface area contributed by atoms with Crippen LogP contribution in [0, 0.1) is 0 Å². The van der Waals surface area contributed by atoms with E-state index >= 15 is 0 Å². The van der Waals surface area contributed by atoms with Crippen LogP contribution in [0.2, 0.25) is 0 Å². The Morgan fingerprint density at radius 1 is 0.947 bits per heavy atom. The molecule has 0 bridgehead atoms. The molecule has 0 saturated heterocycles. The number of hydrogen-bond donors (Lipinski definition) is 4. The average molecular weight is 298 g/mol. The molecule has 5 nitrogen and oxygen atoms in total. The molecule has 0 aliphatic heterocycles. The lowest BCUT2D eigenvalue weighted by Gasteiger charge is -1.98. The maximum Gasteiger partial charge on any atom is 0.296 e. The summed E-state index contributed by atoms with van der Waals surface area (Å²) in [6.07, 6.45) is 0. The van der Waals surface area contributed by atoms with Crippen LogP contribution in [0.3, 0.4) is 0 Å². The van der Waals surface area contributed by atoms with E-state index in [1.54, 1.807) is 6.07 Å². The first-order chi connectivity index (χ1) is 8.80. The van der Waals surface area contributed by atoms with Crippen molar-refractivity contribution in [2.24, 2.45) is 0 Å². The van der Waals surface area contributed by atoms with E-state index in [1.807, 2.05) is 24.3 Å². The molecular formula is C12H14N2O3S2. The highest BCUT2D eigenvalue weighted by atomic mass is 32.2.